The van der Waals surface area contributed by atoms with Crippen molar-refractivity contribution in [3.63, 3.8) is 0 Å². The van der Waals surface area contributed by atoms with E-state index in [1.165, 1.54) is 11.3 Å². The third-order valence-corrected chi connectivity index (χ3v) is 5.64. The molecule has 4 nitrogen and oxygen atoms in total. The number of nitrogens with one attached hydrogen (secondary N) is 1. The Hall–Kier alpha value is -0.900. The Morgan fingerprint density at radius 3 is 2.94 bits per heavy atom. The fourth-order valence-electron chi connectivity index (χ4n) is 1.93. The molecule has 2 atom stereocenters. The first kappa shape index (κ1) is 11.6. The average Bonchev–Trinajstić information content (AvgIpc) is 2.86. The average molecular weight is 256 g/mol. The first-order valence-electron chi connectivity index (χ1n) is 5.09. The summed E-state index contributed by atoms with van der Waals surface area (Å²) >= 11 is 1.19. The van der Waals surface area contributed by atoms with Gasteiger partial charge in [-0.2, -0.15) is 5.26 Å². The van der Waals surface area contributed by atoms with Crippen LogP contribution in [0.2, 0.25) is 0 Å². The molecule has 6 heteroatoms. The highest BCUT2D eigenvalue weighted by molar-refractivity contribution is 7.91. The third-order valence-electron chi connectivity index (χ3n) is 2.75. The van der Waals surface area contributed by atoms with E-state index in [2.05, 4.69) is 10.8 Å². The zero-order valence-corrected chi connectivity index (χ0v) is 10.2. The summed E-state index contributed by atoms with van der Waals surface area (Å²) in [7, 11) is -3.43. The molecule has 2 rings (SSSR count). The highest BCUT2D eigenvalue weighted by Crippen LogP contribution is 2.27. The maximum Gasteiger partial charge on any atom is 0.250 e. The normalized spacial score (nSPS) is 25.4. The first-order valence-corrected chi connectivity index (χ1v) is 7.45. The molecule has 0 spiro atoms. The minimum absolute atomic E-state index is 0.185. The minimum atomic E-state index is -3.43. The Labute approximate surface area is 99.0 Å². The molecule has 1 heterocycles. The van der Waals surface area contributed by atoms with Crippen LogP contribution in [0.1, 0.15) is 19.3 Å². The summed E-state index contributed by atoms with van der Waals surface area (Å²) in [6.07, 6.45) is 2.45. The largest absolute Gasteiger partial charge is 0.250 e. The van der Waals surface area contributed by atoms with Gasteiger partial charge in [0, 0.05) is 6.04 Å². The van der Waals surface area contributed by atoms with E-state index in [9.17, 15) is 8.42 Å². The topological polar surface area (TPSA) is 70.0 Å². The van der Waals surface area contributed by atoms with Crippen molar-refractivity contribution in [1.82, 2.24) is 4.72 Å². The zero-order valence-electron chi connectivity index (χ0n) is 8.59. The molecular weight excluding hydrogens is 244 g/mol. The summed E-state index contributed by atoms with van der Waals surface area (Å²) in [4.78, 5) is 0. The van der Waals surface area contributed by atoms with Gasteiger partial charge in [0.25, 0.3) is 0 Å². The maximum atomic E-state index is 11.9. The van der Waals surface area contributed by atoms with Crippen LogP contribution in [0.3, 0.4) is 0 Å². The van der Waals surface area contributed by atoms with Crippen LogP contribution in [-0.4, -0.2) is 14.5 Å². The lowest BCUT2D eigenvalue weighted by molar-refractivity contribution is 0.516. The number of sulfonamides is 1. The molecule has 0 saturated heterocycles. The minimum Gasteiger partial charge on any atom is -0.206 e. The Morgan fingerprint density at radius 2 is 2.31 bits per heavy atom. The number of nitriles is 1. The number of rotatable bonds is 3. The van der Waals surface area contributed by atoms with Gasteiger partial charge in [-0.25, -0.2) is 13.1 Å². The van der Waals surface area contributed by atoms with Gasteiger partial charge in [0.2, 0.25) is 10.0 Å². The second kappa shape index (κ2) is 4.53. The summed E-state index contributed by atoms with van der Waals surface area (Å²) in [6, 6.07) is 5.21. The van der Waals surface area contributed by atoms with Crippen LogP contribution in [0.15, 0.2) is 21.7 Å². The van der Waals surface area contributed by atoms with E-state index in [0.717, 1.165) is 19.3 Å². The van der Waals surface area contributed by atoms with Crippen LogP contribution in [0.4, 0.5) is 0 Å². The third kappa shape index (κ3) is 2.26. The Balaban J connectivity index is 2.13. The van der Waals surface area contributed by atoms with Crippen molar-refractivity contribution in [3.8, 4) is 6.07 Å². The van der Waals surface area contributed by atoms with Crippen LogP contribution in [0.25, 0.3) is 0 Å². The lowest BCUT2D eigenvalue weighted by Crippen LogP contribution is -2.36. The van der Waals surface area contributed by atoms with Crippen molar-refractivity contribution < 1.29 is 8.42 Å². The molecule has 1 fully saturated rings. The van der Waals surface area contributed by atoms with Gasteiger partial charge < -0.3 is 0 Å². The molecule has 1 aliphatic rings. The van der Waals surface area contributed by atoms with E-state index >= 15 is 0 Å². The van der Waals surface area contributed by atoms with E-state index in [1.807, 2.05) is 0 Å². The van der Waals surface area contributed by atoms with Gasteiger partial charge in [-0.15, -0.1) is 11.3 Å². The summed E-state index contributed by atoms with van der Waals surface area (Å²) in [6.45, 7) is 0. The molecule has 0 amide bonds. The van der Waals surface area contributed by atoms with Gasteiger partial charge in [0.05, 0.1) is 12.0 Å². The summed E-state index contributed by atoms with van der Waals surface area (Å²) in [5, 5.41) is 10.6. The summed E-state index contributed by atoms with van der Waals surface area (Å²) in [5.41, 5.74) is 0. The van der Waals surface area contributed by atoms with Crippen molar-refractivity contribution >= 4 is 21.4 Å². The zero-order chi connectivity index (χ0) is 11.6. The molecule has 1 aromatic rings. The van der Waals surface area contributed by atoms with Crippen LogP contribution in [-0.2, 0) is 10.0 Å². The Kier molecular flexibility index (Phi) is 3.28. The molecule has 2 unspecified atom stereocenters. The quantitative estimate of drug-likeness (QED) is 0.895. The number of nitrogens with zero attached hydrogens (tertiary/aromatic N) is 1. The van der Waals surface area contributed by atoms with E-state index < -0.39 is 10.0 Å². The molecule has 16 heavy (non-hydrogen) atoms. The van der Waals surface area contributed by atoms with E-state index in [-0.39, 0.29) is 12.0 Å². The van der Waals surface area contributed by atoms with E-state index in [1.54, 1.807) is 17.5 Å². The van der Waals surface area contributed by atoms with Crippen molar-refractivity contribution in [2.24, 2.45) is 5.92 Å². The summed E-state index contributed by atoms with van der Waals surface area (Å²) < 4.78 is 26.7. The number of hydrogen-bond donors (Lipinski definition) is 1. The standard InChI is InChI=1S/C10H12N2O2S2/c11-7-8-3-1-4-9(8)12-16(13,14)10-5-2-6-15-10/h2,5-6,8-9,12H,1,3-4H2. The molecule has 0 radical (unpaired) electrons. The molecule has 0 aliphatic heterocycles. The predicted molar refractivity (Wildman–Crippen MR) is 61.4 cm³/mol. The monoisotopic (exact) mass is 256 g/mol. The molecule has 0 bridgehead atoms. The molecule has 1 N–H and O–H groups in total. The molecule has 1 aliphatic carbocycles. The lowest BCUT2D eigenvalue weighted by atomic mass is 10.1. The Bertz CT molecular complexity index is 487. The molecule has 1 saturated carbocycles. The van der Waals surface area contributed by atoms with Gasteiger partial charge in [0.1, 0.15) is 4.21 Å². The van der Waals surface area contributed by atoms with Gasteiger partial charge in [-0.05, 0) is 24.3 Å². The van der Waals surface area contributed by atoms with Crippen molar-refractivity contribution in [1.29, 1.82) is 5.26 Å². The highest BCUT2D eigenvalue weighted by atomic mass is 32.2. The molecule has 0 aromatic carbocycles. The first-order chi connectivity index (χ1) is 7.63. The van der Waals surface area contributed by atoms with Crippen molar-refractivity contribution in [2.75, 3.05) is 0 Å². The molecule has 1 aromatic heterocycles. The smallest absolute Gasteiger partial charge is 0.206 e. The van der Waals surface area contributed by atoms with Crippen LogP contribution in [0, 0.1) is 17.2 Å². The van der Waals surface area contributed by atoms with Gasteiger partial charge >= 0.3 is 0 Å². The van der Waals surface area contributed by atoms with Gasteiger partial charge in [-0.1, -0.05) is 12.5 Å². The number of hydrogen-bond acceptors (Lipinski definition) is 4. The predicted octanol–water partition coefficient (Wildman–Crippen LogP) is 1.72. The van der Waals surface area contributed by atoms with Crippen LogP contribution >= 0.6 is 11.3 Å². The second-order valence-electron chi connectivity index (χ2n) is 3.83. The number of thiophene rings is 1. The highest BCUT2D eigenvalue weighted by Gasteiger charge is 2.31. The molecular formula is C10H12N2O2S2. The Morgan fingerprint density at radius 1 is 1.50 bits per heavy atom. The van der Waals surface area contributed by atoms with E-state index in [0.29, 0.717) is 4.21 Å². The van der Waals surface area contributed by atoms with Crippen LogP contribution < -0.4 is 4.72 Å². The van der Waals surface area contributed by atoms with Crippen molar-refractivity contribution in [2.45, 2.75) is 29.5 Å². The van der Waals surface area contributed by atoms with Crippen molar-refractivity contribution in [3.05, 3.63) is 17.5 Å². The molecule has 86 valence electrons. The van der Waals surface area contributed by atoms with Gasteiger partial charge in [0.15, 0.2) is 0 Å². The second-order valence-corrected chi connectivity index (χ2v) is 6.71. The fourth-order valence-corrected chi connectivity index (χ4v) is 4.25. The van der Waals surface area contributed by atoms with E-state index in [4.69, 9.17) is 5.26 Å². The fraction of sp³-hybridized carbons (Fsp3) is 0.500. The lowest BCUT2D eigenvalue weighted by Gasteiger charge is -2.14. The SMILES string of the molecule is N#CC1CCCC1NS(=O)(=O)c1cccs1. The summed E-state index contributed by atoms with van der Waals surface area (Å²) in [5.74, 6) is -0.185. The van der Waals surface area contributed by atoms with Gasteiger partial charge in [-0.3, -0.25) is 0 Å². The maximum absolute atomic E-state index is 11.9. The van der Waals surface area contributed by atoms with Crippen LogP contribution in [0.5, 0.6) is 0 Å².